The molecule has 6 atom stereocenters. The van der Waals surface area contributed by atoms with Crippen LogP contribution in [0, 0.1) is 0 Å². The zero-order valence-electron chi connectivity index (χ0n) is 59.7. The minimum atomic E-state index is -4.37. The number of aromatic hydroxyl groups is 2. The van der Waals surface area contributed by atoms with Crippen LogP contribution in [0.4, 0.5) is 0 Å². The Labute approximate surface area is 584 Å². The minimum Gasteiger partial charge on any atom is -0.508 e. The van der Waals surface area contributed by atoms with Crippen molar-refractivity contribution in [3.05, 3.63) is 154 Å². The number of benzene rings is 6. The van der Waals surface area contributed by atoms with Crippen molar-refractivity contribution in [1.82, 2.24) is 0 Å². The molecule has 0 saturated carbocycles. The number of ether oxygens (including phenoxy) is 2. The maximum atomic E-state index is 16.5. The molecule has 6 aromatic rings. The van der Waals surface area contributed by atoms with Crippen molar-refractivity contribution < 1.29 is 46.9 Å². The summed E-state index contributed by atoms with van der Waals surface area (Å²) >= 11 is 0. The van der Waals surface area contributed by atoms with E-state index in [1.54, 1.807) is 30.3 Å². The summed E-state index contributed by atoms with van der Waals surface area (Å²) in [6.45, 7) is 8.95. The fourth-order valence-corrected chi connectivity index (χ4v) is 19.1. The number of unbranched alkanes of at least 4 members (excludes halogenated alkanes) is 32. The lowest BCUT2D eigenvalue weighted by atomic mass is 9.76. The molecule has 6 aromatic carbocycles. The molecule has 12 heteroatoms. The van der Waals surface area contributed by atoms with E-state index in [4.69, 9.17) is 27.6 Å². The van der Waals surface area contributed by atoms with Gasteiger partial charge in [0.25, 0.3) is 0 Å². The van der Waals surface area contributed by atoms with Gasteiger partial charge in [-0.25, -0.2) is 9.13 Å². The highest BCUT2D eigenvalue weighted by molar-refractivity contribution is 7.63. The molecule has 0 fully saturated rings. The van der Waals surface area contributed by atoms with Gasteiger partial charge in [0.05, 0.1) is 10.6 Å². The highest BCUT2D eigenvalue weighted by atomic mass is 31.2. The van der Waals surface area contributed by atoms with Crippen LogP contribution in [0.3, 0.4) is 0 Å². The molecule has 1 aliphatic carbocycles. The standard InChI is InChI=1S/C85H118O10P2/c1-5-9-13-17-21-25-29-33-43-51-66-70-55-72-67(52-44-34-30-26-22-18-14-10-6-2)73-57-75-69(54-46-36-32-28-24-20-16-12-8-4)77-58-76-68(53-45-35-31-27-23-19-15-11-7-3)74-56-71(66)79(87)60-82(74)92-96(88,64-47-39-37-40-48-64)94-84(76)62-85(77)95-97(89,65-49-41-38-42-50-65)93-83(75)61-81(73)91-63-90-80(72)59-78(70)86/h37-42,47-50,55-62,66-69,86-87H,5-36,43-46,51-54,63H2,1-4H3. The van der Waals surface area contributed by atoms with Crippen LogP contribution < -0.4 is 38.2 Å². The molecule has 10 rings (SSSR count). The van der Waals surface area contributed by atoms with Gasteiger partial charge in [0, 0.05) is 92.4 Å². The fourth-order valence-electron chi connectivity index (χ4n) is 15.9. The highest BCUT2D eigenvalue weighted by Crippen LogP contribution is 2.62. The van der Waals surface area contributed by atoms with Crippen LogP contribution in [0.2, 0.25) is 0 Å². The van der Waals surface area contributed by atoms with Crippen molar-refractivity contribution >= 4 is 25.8 Å². The van der Waals surface area contributed by atoms with E-state index >= 15 is 9.13 Å². The van der Waals surface area contributed by atoms with Crippen molar-refractivity contribution in [2.24, 2.45) is 0 Å². The van der Waals surface area contributed by atoms with E-state index in [9.17, 15) is 10.2 Å². The molecular weight excluding hydrogens is 1240 g/mol. The van der Waals surface area contributed by atoms with Crippen LogP contribution in [0.25, 0.3) is 0 Å². The first-order chi connectivity index (χ1) is 47.6. The van der Waals surface area contributed by atoms with E-state index < -0.39 is 27.0 Å². The number of phenolic OH excluding ortho intramolecular Hbond substituents is 2. The summed E-state index contributed by atoms with van der Waals surface area (Å²) in [7, 11) is -8.70. The Hall–Kier alpha value is -5.82. The van der Waals surface area contributed by atoms with Gasteiger partial charge in [-0.3, -0.25) is 0 Å². The molecule has 97 heavy (non-hydrogen) atoms. The molecule has 0 amide bonds. The van der Waals surface area contributed by atoms with Gasteiger partial charge in [0.2, 0.25) is 6.79 Å². The third-order valence-electron chi connectivity index (χ3n) is 21.4. The highest BCUT2D eigenvalue weighted by Gasteiger charge is 2.44. The quantitative estimate of drug-likeness (QED) is 0.0282. The molecule has 528 valence electrons. The van der Waals surface area contributed by atoms with Gasteiger partial charge in [-0.15, -0.1) is 0 Å². The van der Waals surface area contributed by atoms with Gasteiger partial charge in [-0.2, -0.15) is 0 Å². The van der Waals surface area contributed by atoms with Gasteiger partial charge in [0.1, 0.15) is 46.0 Å². The molecule has 0 spiro atoms. The average molecular weight is 1360 g/mol. The maximum Gasteiger partial charge on any atom is 0.462 e. The SMILES string of the molecule is CCCCCCCCCCCC1c2cc3c(cc2O)OCOc2cc4c(cc2C3CCCCCCCCCCC)C(CCCCCCCCCCC)c2cc3c(cc2OP(=O)(c2ccccc2)O4)OP(=O)(c2ccccc2)Oc2cc(O)c1cc2C3CCCCCCCCCCC. The molecule has 10 nitrogen and oxygen atoms in total. The Balaban J connectivity index is 1.21. The lowest BCUT2D eigenvalue weighted by Crippen LogP contribution is -2.22. The number of phenols is 2. The smallest absolute Gasteiger partial charge is 0.462 e. The molecule has 4 aliphatic rings. The lowest BCUT2D eigenvalue weighted by molar-refractivity contribution is 0.113. The summed E-state index contributed by atoms with van der Waals surface area (Å²) in [5.74, 6) is 1.27. The third kappa shape index (κ3) is 19.8. The van der Waals surface area contributed by atoms with E-state index in [-0.39, 0.29) is 30.1 Å². The Morgan fingerprint density at radius 1 is 0.289 bits per heavy atom. The monoisotopic (exact) mass is 1360 g/mol. The molecule has 2 N–H and O–H groups in total. The predicted molar refractivity (Wildman–Crippen MR) is 400 cm³/mol. The largest absolute Gasteiger partial charge is 0.508 e. The predicted octanol–water partition coefficient (Wildman–Crippen LogP) is 25.9. The first-order valence-corrected chi connectivity index (χ1v) is 42.1. The summed E-state index contributed by atoms with van der Waals surface area (Å²) in [4.78, 5) is 0. The van der Waals surface area contributed by atoms with Gasteiger partial charge in [-0.05, 0) is 74.2 Å². The molecule has 6 unspecified atom stereocenters. The van der Waals surface area contributed by atoms with Crippen LogP contribution in [0.1, 0.15) is 353 Å². The van der Waals surface area contributed by atoms with E-state index in [1.165, 1.54) is 154 Å². The van der Waals surface area contributed by atoms with E-state index in [0.29, 0.717) is 63.5 Å². The molecule has 3 aliphatic heterocycles. The molecule has 0 aromatic heterocycles. The number of fused-ring (bicyclic) bond motifs is 2. The Morgan fingerprint density at radius 3 is 0.825 bits per heavy atom. The molecule has 3 heterocycles. The zero-order valence-corrected chi connectivity index (χ0v) is 61.5. The first kappa shape index (κ1) is 73.9. The second kappa shape index (κ2) is 38.1. The Kier molecular flexibility index (Phi) is 29.0. The second-order valence-electron chi connectivity index (χ2n) is 28.9. The minimum absolute atomic E-state index is 0.0110. The van der Waals surface area contributed by atoms with Crippen molar-refractivity contribution in [2.45, 2.75) is 308 Å². The van der Waals surface area contributed by atoms with Crippen LogP contribution in [0.15, 0.2) is 109 Å². The first-order valence-electron chi connectivity index (χ1n) is 39.0. The van der Waals surface area contributed by atoms with Crippen LogP contribution >= 0.6 is 15.2 Å². The number of hydrogen-bond donors (Lipinski definition) is 2. The fraction of sp³-hybridized carbons (Fsp3) is 0.576. The van der Waals surface area contributed by atoms with E-state index in [2.05, 4.69) is 52.0 Å². The molecular formula is C85H118O10P2. The zero-order chi connectivity index (χ0) is 67.7. The normalized spacial score (nSPS) is 19.6. The van der Waals surface area contributed by atoms with Crippen molar-refractivity contribution in [3.63, 3.8) is 0 Å². The maximum absolute atomic E-state index is 16.5. The Morgan fingerprint density at radius 2 is 0.515 bits per heavy atom. The van der Waals surface area contributed by atoms with E-state index in [0.717, 1.165) is 129 Å². The van der Waals surface area contributed by atoms with Crippen LogP contribution in [-0.2, 0) is 9.13 Å². The summed E-state index contributed by atoms with van der Waals surface area (Å²) < 4.78 is 74.9. The molecule has 8 bridgehead atoms. The summed E-state index contributed by atoms with van der Waals surface area (Å²) in [5, 5.41) is 26.6. The van der Waals surface area contributed by atoms with Crippen molar-refractivity contribution in [1.29, 1.82) is 0 Å². The van der Waals surface area contributed by atoms with Gasteiger partial charge < -0.3 is 37.8 Å². The lowest BCUT2D eigenvalue weighted by Gasteiger charge is -2.36. The second-order valence-corrected chi connectivity index (χ2v) is 32.6. The Bertz CT molecular complexity index is 3470. The molecule has 0 saturated heterocycles. The summed E-state index contributed by atoms with van der Waals surface area (Å²) in [5.41, 5.74) is 6.79. The molecule has 0 radical (unpaired) electrons. The van der Waals surface area contributed by atoms with E-state index in [1.807, 2.05) is 54.6 Å². The van der Waals surface area contributed by atoms with Gasteiger partial charge in [0.15, 0.2) is 0 Å². The number of hydrogen-bond acceptors (Lipinski definition) is 10. The van der Waals surface area contributed by atoms with Crippen LogP contribution in [-0.4, -0.2) is 17.0 Å². The third-order valence-corrected chi connectivity index (χ3v) is 25.0. The number of rotatable bonds is 42. The summed E-state index contributed by atoms with van der Waals surface area (Å²) in [6, 6.07) is 34.6. The topological polar surface area (TPSA) is 130 Å². The average Bonchev–Trinajstić information content (AvgIpc) is 0.738. The van der Waals surface area contributed by atoms with Crippen molar-refractivity contribution in [3.8, 4) is 46.0 Å². The summed E-state index contributed by atoms with van der Waals surface area (Å²) in [6.07, 6.45) is 45.0. The van der Waals surface area contributed by atoms with Gasteiger partial charge in [-0.1, -0.05) is 295 Å². The van der Waals surface area contributed by atoms with Gasteiger partial charge >= 0.3 is 15.2 Å². The van der Waals surface area contributed by atoms with Crippen molar-refractivity contribution in [2.75, 3.05) is 6.79 Å². The van der Waals surface area contributed by atoms with Crippen LogP contribution in [0.5, 0.6) is 46.0 Å².